The molecule has 0 spiro atoms. The van der Waals surface area contributed by atoms with Crippen LogP contribution >= 0.6 is 0 Å². The van der Waals surface area contributed by atoms with Crippen LogP contribution in [0.15, 0.2) is 56.6 Å². The highest BCUT2D eigenvalue weighted by molar-refractivity contribution is 7.89. The Morgan fingerprint density at radius 1 is 1.18 bits per heavy atom. The molecule has 174 valence electrons. The number of hydrogen-bond acceptors (Lipinski definition) is 9. The molecule has 0 aliphatic rings. The van der Waals surface area contributed by atoms with Crippen molar-refractivity contribution in [1.82, 2.24) is 4.72 Å². The topological polar surface area (TPSA) is 149 Å². The molecule has 0 aliphatic heterocycles. The maximum atomic E-state index is 12.5. The maximum absolute atomic E-state index is 12.5. The van der Waals surface area contributed by atoms with Gasteiger partial charge in [0.1, 0.15) is 24.4 Å². The number of fused-ring (bicyclic) bond motifs is 1. The van der Waals surface area contributed by atoms with Gasteiger partial charge in [-0.1, -0.05) is 12.1 Å². The van der Waals surface area contributed by atoms with Crippen molar-refractivity contribution in [3.05, 3.63) is 74.1 Å². The van der Waals surface area contributed by atoms with Gasteiger partial charge in [0.05, 0.1) is 9.82 Å². The molecule has 0 aliphatic carbocycles. The summed E-state index contributed by atoms with van der Waals surface area (Å²) in [6, 6.07) is 9.83. The number of rotatable bonds is 8. The highest BCUT2D eigenvalue weighted by Gasteiger charge is 2.23. The minimum Gasteiger partial charge on any atom is -0.460 e. The van der Waals surface area contributed by atoms with Crippen LogP contribution < -0.4 is 15.2 Å². The lowest BCUT2D eigenvalue weighted by molar-refractivity contribution is -0.384. The van der Waals surface area contributed by atoms with Gasteiger partial charge in [-0.25, -0.2) is 13.2 Å². The summed E-state index contributed by atoms with van der Waals surface area (Å²) in [6.45, 7) is 0.861. The van der Waals surface area contributed by atoms with Crippen LogP contribution in [-0.2, 0) is 26.2 Å². The molecule has 1 heterocycles. The second-order valence-electron chi connectivity index (χ2n) is 7.38. The number of carbonyl (C=O) groups is 1. The highest BCUT2D eigenvalue weighted by atomic mass is 32.2. The Kier molecular flexibility index (Phi) is 6.79. The van der Waals surface area contributed by atoms with Gasteiger partial charge in [0.15, 0.2) is 0 Å². The summed E-state index contributed by atoms with van der Waals surface area (Å²) in [6.07, 6.45) is 0. The molecule has 0 atom stereocenters. The molecule has 1 N–H and O–H groups in total. The van der Waals surface area contributed by atoms with Gasteiger partial charge in [-0.3, -0.25) is 14.9 Å². The fourth-order valence-corrected chi connectivity index (χ4v) is 4.09. The first-order valence-electron chi connectivity index (χ1n) is 9.62. The Bertz CT molecular complexity index is 1400. The maximum Gasteiger partial charge on any atom is 0.336 e. The molecule has 0 fully saturated rings. The van der Waals surface area contributed by atoms with Gasteiger partial charge in [-0.2, -0.15) is 4.72 Å². The first kappa shape index (κ1) is 23.9. The van der Waals surface area contributed by atoms with Crippen molar-refractivity contribution in [1.29, 1.82) is 0 Å². The van der Waals surface area contributed by atoms with E-state index in [0.717, 1.165) is 11.6 Å². The Labute approximate surface area is 188 Å². The molecule has 2 aromatic carbocycles. The summed E-state index contributed by atoms with van der Waals surface area (Å²) in [5.41, 5.74) is 0.864. The minimum absolute atomic E-state index is 0.230. The third kappa shape index (κ3) is 5.54. The number of esters is 1. The summed E-state index contributed by atoms with van der Waals surface area (Å²) in [5, 5.41) is 11.9. The monoisotopic (exact) mass is 475 g/mol. The summed E-state index contributed by atoms with van der Waals surface area (Å²) in [4.78, 5) is 35.6. The number of nitro groups is 1. The number of benzene rings is 2. The van der Waals surface area contributed by atoms with Crippen LogP contribution in [0.3, 0.4) is 0 Å². The molecule has 0 bridgehead atoms. The average Bonchev–Trinajstić information content (AvgIpc) is 2.75. The number of ether oxygens (including phenoxy) is 1. The van der Waals surface area contributed by atoms with Crippen molar-refractivity contribution >= 4 is 38.3 Å². The third-order valence-electron chi connectivity index (χ3n) is 4.72. The van der Waals surface area contributed by atoms with Gasteiger partial charge in [0.25, 0.3) is 5.69 Å². The third-order valence-corrected chi connectivity index (χ3v) is 6.12. The molecular weight excluding hydrogens is 454 g/mol. The van der Waals surface area contributed by atoms with E-state index in [-0.39, 0.29) is 17.2 Å². The zero-order valence-electron chi connectivity index (χ0n) is 18.0. The van der Waals surface area contributed by atoms with Gasteiger partial charge in [0.2, 0.25) is 10.0 Å². The largest absolute Gasteiger partial charge is 0.460 e. The van der Waals surface area contributed by atoms with Crippen molar-refractivity contribution < 1.29 is 27.3 Å². The molecule has 0 unspecified atom stereocenters. The van der Waals surface area contributed by atoms with Crippen LogP contribution in [0.2, 0.25) is 0 Å². The Hall–Kier alpha value is -3.77. The summed E-state index contributed by atoms with van der Waals surface area (Å²) in [7, 11) is -1.04. The Balaban J connectivity index is 1.70. The lowest BCUT2D eigenvalue weighted by Crippen LogP contribution is -2.30. The zero-order chi connectivity index (χ0) is 24.3. The van der Waals surface area contributed by atoms with Gasteiger partial charge < -0.3 is 14.1 Å². The van der Waals surface area contributed by atoms with Crippen LogP contribution in [0.1, 0.15) is 11.1 Å². The first-order valence-corrected chi connectivity index (χ1v) is 11.1. The molecule has 1 aromatic heterocycles. The van der Waals surface area contributed by atoms with E-state index in [1.54, 1.807) is 26.2 Å². The van der Waals surface area contributed by atoms with Crippen molar-refractivity contribution in [3.8, 4) is 0 Å². The number of carbonyl (C=O) groups excluding carboxylic acids is 1. The molecule has 11 nitrogen and oxygen atoms in total. The van der Waals surface area contributed by atoms with Gasteiger partial charge >= 0.3 is 11.6 Å². The Morgan fingerprint density at radius 2 is 1.91 bits per heavy atom. The summed E-state index contributed by atoms with van der Waals surface area (Å²) < 4.78 is 37.3. The van der Waals surface area contributed by atoms with Gasteiger partial charge in [-0.15, -0.1) is 0 Å². The number of nitrogens with one attached hydrogen (secondary N) is 1. The minimum atomic E-state index is -4.22. The molecule has 33 heavy (non-hydrogen) atoms. The van der Waals surface area contributed by atoms with Crippen LogP contribution in [-0.4, -0.2) is 40.0 Å². The van der Waals surface area contributed by atoms with E-state index in [1.165, 1.54) is 23.1 Å². The molecule has 3 rings (SSSR count). The number of aryl methyl sites for hydroxylation is 1. The fraction of sp³-hybridized carbons (Fsp3) is 0.238. The van der Waals surface area contributed by atoms with E-state index >= 15 is 0 Å². The predicted octanol–water partition coefficient (Wildman–Crippen LogP) is 2.10. The van der Waals surface area contributed by atoms with Gasteiger partial charge in [-0.05, 0) is 30.7 Å². The quantitative estimate of drug-likeness (QED) is 0.224. The van der Waals surface area contributed by atoms with E-state index in [0.29, 0.717) is 16.5 Å². The lowest BCUT2D eigenvalue weighted by Gasteiger charge is -2.14. The number of nitrogens with zero attached hydrogens (tertiary/aromatic N) is 2. The number of anilines is 1. The van der Waals surface area contributed by atoms with Crippen molar-refractivity contribution in [2.45, 2.75) is 18.4 Å². The molecule has 12 heteroatoms. The second-order valence-corrected chi connectivity index (χ2v) is 9.14. The molecule has 0 amide bonds. The molecule has 0 radical (unpaired) electrons. The van der Waals surface area contributed by atoms with E-state index in [1.807, 2.05) is 13.0 Å². The summed E-state index contributed by atoms with van der Waals surface area (Å²) in [5.74, 6) is -0.897. The zero-order valence-corrected chi connectivity index (χ0v) is 18.8. The van der Waals surface area contributed by atoms with Gasteiger partial charge in [0, 0.05) is 37.2 Å². The van der Waals surface area contributed by atoms with E-state index in [2.05, 4.69) is 4.72 Å². The van der Waals surface area contributed by atoms with Crippen molar-refractivity contribution in [2.24, 2.45) is 0 Å². The summed E-state index contributed by atoms with van der Waals surface area (Å²) >= 11 is 0. The van der Waals surface area contributed by atoms with Crippen LogP contribution in [0.5, 0.6) is 0 Å². The predicted molar refractivity (Wildman–Crippen MR) is 120 cm³/mol. The van der Waals surface area contributed by atoms with Crippen LogP contribution in [0, 0.1) is 17.0 Å². The first-order chi connectivity index (χ1) is 15.5. The van der Waals surface area contributed by atoms with Crippen molar-refractivity contribution in [2.75, 3.05) is 25.5 Å². The van der Waals surface area contributed by atoms with Crippen LogP contribution in [0.4, 0.5) is 11.4 Å². The number of sulfonamides is 1. The molecule has 3 aromatic rings. The molecular formula is C21H21N3O8S. The number of hydrogen-bond donors (Lipinski definition) is 1. The second kappa shape index (κ2) is 9.38. The highest BCUT2D eigenvalue weighted by Crippen LogP contribution is 2.29. The number of nitro benzene ring substituents is 1. The molecule has 0 saturated carbocycles. The average molecular weight is 475 g/mol. The van der Waals surface area contributed by atoms with E-state index in [4.69, 9.17) is 9.15 Å². The Morgan fingerprint density at radius 3 is 2.58 bits per heavy atom. The SMILES string of the molecule is Cc1ccc2c(COC(=O)CNS(=O)(=O)c3ccc(N(C)C)c([N+](=O)[O-])c3)cc(=O)oc2c1. The van der Waals surface area contributed by atoms with Crippen molar-refractivity contribution in [3.63, 3.8) is 0 Å². The normalized spacial score (nSPS) is 11.4. The smallest absolute Gasteiger partial charge is 0.336 e. The lowest BCUT2D eigenvalue weighted by atomic mass is 10.1. The van der Waals surface area contributed by atoms with E-state index < -0.39 is 38.8 Å². The fourth-order valence-electron chi connectivity index (χ4n) is 3.10. The van der Waals surface area contributed by atoms with E-state index in [9.17, 15) is 28.1 Å². The van der Waals surface area contributed by atoms with Crippen LogP contribution in [0.25, 0.3) is 11.0 Å². The molecule has 0 saturated heterocycles. The standard InChI is InChI=1S/C21H21N3O8S/c1-13-4-6-16-14(9-20(25)32-19(16)8-13)12-31-21(26)11-22-33(29,30)15-5-7-17(23(2)3)18(10-15)24(27)28/h4-10,22H,11-12H2,1-3H3.